The molecule has 0 radical (unpaired) electrons. The Kier molecular flexibility index (Phi) is 6.57. The third-order valence-electron chi connectivity index (χ3n) is 5.15. The standard InChI is InChI=1S/C21H26ClN3O3S/c1-14-4-2-5-25(11-14)12-16-13-29-21(23-16)24-19(26)10-15-8-17(22)20-18(9-15)27-6-3-7-28-20/h8-9,13-14H,2-7,10-12H2,1H3,(H,23,24,26). The van der Waals surface area contributed by atoms with Gasteiger partial charge in [-0.3, -0.25) is 9.69 Å². The maximum absolute atomic E-state index is 12.5. The first-order valence-electron chi connectivity index (χ1n) is 10.1. The summed E-state index contributed by atoms with van der Waals surface area (Å²) in [6, 6.07) is 3.59. The molecule has 0 saturated carbocycles. The number of nitrogens with one attached hydrogen (secondary N) is 1. The average Bonchev–Trinajstić information content (AvgIpc) is 2.95. The molecule has 2 aliphatic rings. The molecule has 0 bridgehead atoms. The fourth-order valence-electron chi connectivity index (χ4n) is 3.83. The van der Waals surface area contributed by atoms with Gasteiger partial charge in [0.2, 0.25) is 5.91 Å². The van der Waals surface area contributed by atoms with Crippen molar-refractivity contribution in [3.8, 4) is 11.5 Å². The molecule has 0 aliphatic carbocycles. The van der Waals surface area contributed by atoms with Crippen LogP contribution in [0, 0.1) is 5.92 Å². The summed E-state index contributed by atoms with van der Waals surface area (Å²) >= 11 is 7.78. The third kappa shape index (κ3) is 5.41. The van der Waals surface area contributed by atoms with Gasteiger partial charge in [-0.05, 0) is 43.0 Å². The van der Waals surface area contributed by atoms with E-state index in [1.54, 1.807) is 6.07 Å². The van der Waals surface area contributed by atoms with Gasteiger partial charge in [0, 0.05) is 24.9 Å². The molecular formula is C21H26ClN3O3S. The van der Waals surface area contributed by atoms with E-state index in [0.29, 0.717) is 34.9 Å². The van der Waals surface area contributed by atoms with Crippen LogP contribution in [0.4, 0.5) is 5.13 Å². The number of hydrogen-bond acceptors (Lipinski definition) is 6. The van der Waals surface area contributed by atoms with Crippen molar-refractivity contribution in [2.45, 2.75) is 39.2 Å². The minimum atomic E-state index is -0.122. The van der Waals surface area contributed by atoms with Crippen LogP contribution in [-0.2, 0) is 17.8 Å². The first-order valence-corrected chi connectivity index (χ1v) is 11.4. The highest BCUT2D eigenvalue weighted by Crippen LogP contribution is 2.38. The van der Waals surface area contributed by atoms with Gasteiger partial charge in [-0.25, -0.2) is 4.98 Å². The van der Waals surface area contributed by atoms with Crippen LogP contribution in [0.15, 0.2) is 17.5 Å². The van der Waals surface area contributed by atoms with Crippen molar-refractivity contribution < 1.29 is 14.3 Å². The lowest BCUT2D eigenvalue weighted by Crippen LogP contribution is -2.33. The Morgan fingerprint density at radius 2 is 2.21 bits per heavy atom. The van der Waals surface area contributed by atoms with E-state index in [1.807, 2.05) is 11.4 Å². The predicted molar refractivity (Wildman–Crippen MR) is 115 cm³/mol. The van der Waals surface area contributed by atoms with E-state index in [4.69, 9.17) is 21.1 Å². The van der Waals surface area contributed by atoms with Crippen molar-refractivity contribution in [2.75, 3.05) is 31.6 Å². The van der Waals surface area contributed by atoms with Gasteiger partial charge in [0.15, 0.2) is 16.6 Å². The molecule has 29 heavy (non-hydrogen) atoms. The highest BCUT2D eigenvalue weighted by molar-refractivity contribution is 7.13. The number of benzene rings is 1. The quantitative estimate of drug-likeness (QED) is 0.755. The van der Waals surface area contributed by atoms with Gasteiger partial charge in [-0.1, -0.05) is 18.5 Å². The van der Waals surface area contributed by atoms with Crippen LogP contribution in [0.2, 0.25) is 5.02 Å². The Morgan fingerprint density at radius 3 is 3.07 bits per heavy atom. The third-order valence-corrected chi connectivity index (χ3v) is 6.24. The van der Waals surface area contributed by atoms with E-state index in [2.05, 4.69) is 22.1 Å². The largest absolute Gasteiger partial charge is 0.489 e. The van der Waals surface area contributed by atoms with Crippen LogP contribution < -0.4 is 14.8 Å². The smallest absolute Gasteiger partial charge is 0.230 e. The molecule has 1 aromatic carbocycles. The van der Waals surface area contributed by atoms with Crippen molar-refractivity contribution in [3.05, 3.63) is 33.8 Å². The molecule has 8 heteroatoms. The molecular weight excluding hydrogens is 410 g/mol. The molecule has 1 atom stereocenters. The Bertz CT molecular complexity index is 873. The van der Waals surface area contributed by atoms with Crippen LogP contribution in [0.5, 0.6) is 11.5 Å². The summed E-state index contributed by atoms with van der Waals surface area (Å²) in [5, 5.41) is 6.04. The summed E-state index contributed by atoms with van der Waals surface area (Å²) in [7, 11) is 0. The van der Waals surface area contributed by atoms with Gasteiger partial charge in [0.05, 0.1) is 30.4 Å². The second kappa shape index (κ2) is 9.32. The molecule has 2 aromatic rings. The molecule has 1 amide bonds. The van der Waals surface area contributed by atoms with Crippen LogP contribution in [0.1, 0.15) is 37.4 Å². The molecule has 6 nitrogen and oxygen atoms in total. The van der Waals surface area contributed by atoms with Gasteiger partial charge < -0.3 is 14.8 Å². The number of likely N-dealkylation sites (tertiary alicyclic amines) is 1. The van der Waals surface area contributed by atoms with E-state index in [-0.39, 0.29) is 12.3 Å². The molecule has 156 valence electrons. The Labute approximate surface area is 180 Å². The van der Waals surface area contributed by atoms with E-state index < -0.39 is 0 Å². The molecule has 3 heterocycles. The van der Waals surface area contributed by atoms with Gasteiger partial charge in [-0.2, -0.15) is 0 Å². The molecule has 1 saturated heterocycles. The first-order chi connectivity index (χ1) is 14.1. The summed E-state index contributed by atoms with van der Waals surface area (Å²) in [6.45, 7) is 6.53. The Hall–Kier alpha value is -1.83. The van der Waals surface area contributed by atoms with Crippen LogP contribution in [-0.4, -0.2) is 42.1 Å². The number of nitrogens with zero attached hydrogens (tertiary/aromatic N) is 2. The molecule has 1 N–H and O–H groups in total. The number of carbonyl (C=O) groups excluding carboxylic acids is 1. The number of aromatic nitrogens is 1. The summed E-state index contributed by atoms with van der Waals surface area (Å²) in [6.07, 6.45) is 3.56. The van der Waals surface area contributed by atoms with E-state index >= 15 is 0 Å². The normalized spacial score (nSPS) is 19.6. The Morgan fingerprint density at radius 1 is 1.34 bits per heavy atom. The number of amides is 1. The lowest BCUT2D eigenvalue weighted by molar-refractivity contribution is -0.115. The maximum atomic E-state index is 12.5. The van der Waals surface area contributed by atoms with Gasteiger partial charge in [0.1, 0.15) is 0 Å². The predicted octanol–water partition coefficient (Wildman–Crippen LogP) is 4.37. The lowest BCUT2D eigenvalue weighted by Gasteiger charge is -2.30. The zero-order chi connectivity index (χ0) is 20.2. The SMILES string of the molecule is CC1CCCN(Cc2csc(NC(=O)Cc3cc(Cl)c4c(c3)OCCCO4)n2)C1. The average molecular weight is 436 g/mol. The van der Waals surface area contributed by atoms with Crippen LogP contribution in [0.25, 0.3) is 0 Å². The summed E-state index contributed by atoms with van der Waals surface area (Å²) < 4.78 is 11.3. The van der Waals surface area contributed by atoms with E-state index in [0.717, 1.165) is 43.2 Å². The number of fused-ring (bicyclic) bond motifs is 1. The van der Waals surface area contributed by atoms with Crippen LogP contribution >= 0.6 is 22.9 Å². The topological polar surface area (TPSA) is 63.7 Å². The number of halogens is 1. The number of ether oxygens (including phenoxy) is 2. The second-order valence-corrected chi connectivity index (χ2v) is 9.07. The summed E-state index contributed by atoms with van der Waals surface area (Å²) in [4.78, 5) is 19.5. The molecule has 1 unspecified atom stereocenters. The zero-order valence-electron chi connectivity index (χ0n) is 16.6. The maximum Gasteiger partial charge on any atom is 0.230 e. The van der Waals surface area contributed by atoms with Crippen molar-refractivity contribution in [2.24, 2.45) is 5.92 Å². The Balaban J connectivity index is 1.35. The summed E-state index contributed by atoms with van der Waals surface area (Å²) in [5.74, 6) is 1.78. The number of thiazole rings is 1. The van der Waals surface area contributed by atoms with Crippen molar-refractivity contribution in [3.63, 3.8) is 0 Å². The fraction of sp³-hybridized carbons (Fsp3) is 0.524. The number of carbonyl (C=O) groups is 1. The fourth-order valence-corrected chi connectivity index (χ4v) is 4.84. The lowest BCUT2D eigenvalue weighted by atomic mass is 10.0. The number of hydrogen-bond donors (Lipinski definition) is 1. The zero-order valence-corrected chi connectivity index (χ0v) is 18.2. The molecule has 4 rings (SSSR count). The molecule has 2 aliphatic heterocycles. The molecule has 1 fully saturated rings. The summed E-state index contributed by atoms with van der Waals surface area (Å²) in [5.41, 5.74) is 1.80. The number of anilines is 1. The minimum Gasteiger partial charge on any atom is -0.489 e. The van der Waals surface area contributed by atoms with Gasteiger partial charge in [0.25, 0.3) is 0 Å². The monoisotopic (exact) mass is 435 g/mol. The van der Waals surface area contributed by atoms with Gasteiger partial charge >= 0.3 is 0 Å². The van der Waals surface area contributed by atoms with E-state index in [9.17, 15) is 4.79 Å². The van der Waals surface area contributed by atoms with Crippen molar-refractivity contribution in [1.82, 2.24) is 9.88 Å². The molecule has 0 spiro atoms. The first kappa shape index (κ1) is 20.4. The highest BCUT2D eigenvalue weighted by atomic mass is 35.5. The minimum absolute atomic E-state index is 0.122. The van der Waals surface area contributed by atoms with Gasteiger partial charge in [-0.15, -0.1) is 11.3 Å². The highest BCUT2D eigenvalue weighted by Gasteiger charge is 2.19. The number of rotatable bonds is 5. The number of piperidine rings is 1. The van der Waals surface area contributed by atoms with Crippen molar-refractivity contribution >= 4 is 34.0 Å². The second-order valence-electron chi connectivity index (χ2n) is 7.81. The molecule has 1 aromatic heterocycles. The van der Waals surface area contributed by atoms with Crippen molar-refractivity contribution in [1.29, 1.82) is 0 Å². The van der Waals surface area contributed by atoms with Crippen LogP contribution in [0.3, 0.4) is 0 Å². The van der Waals surface area contributed by atoms with E-state index in [1.165, 1.54) is 24.2 Å².